The molecule has 0 aliphatic heterocycles. The smallest absolute Gasteiger partial charge is 0.302 e. The average Bonchev–Trinajstić information content (AvgIpc) is 2.63. The van der Waals surface area contributed by atoms with Crippen molar-refractivity contribution in [1.82, 2.24) is 4.57 Å². The first-order chi connectivity index (χ1) is 8.06. The maximum Gasteiger partial charge on any atom is 0.307 e. The predicted molar refractivity (Wildman–Crippen MR) is 60.7 cm³/mol. The Morgan fingerprint density at radius 1 is 1.41 bits per heavy atom. The van der Waals surface area contributed by atoms with Gasteiger partial charge in [-0.3, -0.25) is 14.9 Å². The second-order valence-corrected chi connectivity index (χ2v) is 4.23. The highest BCUT2D eigenvalue weighted by Crippen LogP contribution is 2.16. The Balaban J connectivity index is 2.36. The van der Waals surface area contributed by atoms with Crippen LogP contribution in [-0.2, 0) is 6.54 Å². The van der Waals surface area contributed by atoms with Crippen molar-refractivity contribution in [1.29, 1.82) is 0 Å². The number of thiazole rings is 1. The largest absolute Gasteiger partial charge is 0.307 e. The summed E-state index contributed by atoms with van der Waals surface area (Å²) in [6.07, 6.45) is 1.56. The highest BCUT2D eigenvalue weighted by molar-refractivity contribution is 7.07. The lowest BCUT2D eigenvalue weighted by Crippen LogP contribution is -2.12. The van der Waals surface area contributed by atoms with Crippen molar-refractivity contribution in [2.45, 2.75) is 6.54 Å². The molecule has 1 heterocycles. The van der Waals surface area contributed by atoms with Gasteiger partial charge in [0.25, 0.3) is 5.69 Å². The van der Waals surface area contributed by atoms with E-state index in [0.717, 1.165) is 17.4 Å². The molecule has 0 bridgehead atoms. The standard InChI is InChI=1S/C10H7FN2O3S/c11-8-3-7(4-9(5-8)13(15)16)6-12-1-2-17-10(12)14/h1-5H,6H2. The number of benzene rings is 1. The topological polar surface area (TPSA) is 65.1 Å². The molecule has 0 spiro atoms. The van der Waals surface area contributed by atoms with E-state index >= 15 is 0 Å². The van der Waals surface area contributed by atoms with Crippen LogP contribution in [0.2, 0.25) is 0 Å². The summed E-state index contributed by atoms with van der Waals surface area (Å²) in [6.45, 7) is 0.126. The molecular formula is C10H7FN2O3S. The van der Waals surface area contributed by atoms with Gasteiger partial charge in [0.1, 0.15) is 5.82 Å². The molecule has 0 saturated carbocycles. The number of halogens is 1. The quantitative estimate of drug-likeness (QED) is 0.621. The van der Waals surface area contributed by atoms with Gasteiger partial charge >= 0.3 is 4.87 Å². The zero-order valence-electron chi connectivity index (χ0n) is 8.50. The van der Waals surface area contributed by atoms with Gasteiger partial charge in [0.05, 0.1) is 17.5 Å². The van der Waals surface area contributed by atoms with Crippen LogP contribution in [0.1, 0.15) is 5.56 Å². The van der Waals surface area contributed by atoms with Gasteiger partial charge in [0.2, 0.25) is 0 Å². The zero-order valence-corrected chi connectivity index (χ0v) is 9.32. The van der Waals surface area contributed by atoms with Crippen LogP contribution in [0, 0.1) is 15.9 Å². The number of hydrogen-bond acceptors (Lipinski definition) is 4. The molecule has 5 nitrogen and oxygen atoms in total. The molecule has 0 aliphatic rings. The van der Waals surface area contributed by atoms with Crippen LogP contribution in [0.25, 0.3) is 0 Å². The molecule has 2 aromatic rings. The van der Waals surface area contributed by atoms with Gasteiger partial charge in [-0.25, -0.2) is 4.39 Å². The van der Waals surface area contributed by atoms with Crippen molar-refractivity contribution in [3.8, 4) is 0 Å². The molecule has 0 aliphatic carbocycles. The maximum absolute atomic E-state index is 13.1. The first-order valence-corrected chi connectivity index (χ1v) is 5.52. The number of rotatable bonds is 3. The molecule has 7 heteroatoms. The number of nitro groups is 1. The van der Waals surface area contributed by atoms with Gasteiger partial charge in [-0.15, -0.1) is 0 Å². The molecule has 1 aromatic carbocycles. The van der Waals surface area contributed by atoms with E-state index in [2.05, 4.69) is 0 Å². The van der Waals surface area contributed by atoms with Gasteiger partial charge in [-0.2, -0.15) is 0 Å². The van der Waals surface area contributed by atoms with Crippen LogP contribution in [0.4, 0.5) is 10.1 Å². The summed E-state index contributed by atoms with van der Waals surface area (Å²) in [5.74, 6) is -0.683. The minimum absolute atomic E-state index is 0.126. The number of nitro benzene ring substituents is 1. The van der Waals surface area contributed by atoms with Crippen LogP contribution < -0.4 is 4.87 Å². The monoisotopic (exact) mass is 254 g/mol. The lowest BCUT2D eigenvalue weighted by molar-refractivity contribution is -0.385. The van der Waals surface area contributed by atoms with Crippen molar-refractivity contribution < 1.29 is 9.31 Å². The molecule has 0 saturated heterocycles. The highest BCUT2D eigenvalue weighted by Gasteiger charge is 2.10. The summed E-state index contributed by atoms with van der Waals surface area (Å²) in [6, 6.07) is 3.28. The lowest BCUT2D eigenvalue weighted by atomic mass is 10.2. The predicted octanol–water partition coefficient (Wildman–Crippen LogP) is 2.01. The molecule has 0 fully saturated rings. The Morgan fingerprint density at radius 2 is 2.18 bits per heavy atom. The van der Waals surface area contributed by atoms with Crippen molar-refractivity contribution in [3.05, 3.63) is 60.9 Å². The molecule has 2 rings (SSSR count). The van der Waals surface area contributed by atoms with E-state index in [9.17, 15) is 19.3 Å². The molecule has 88 valence electrons. The van der Waals surface area contributed by atoms with E-state index in [1.54, 1.807) is 11.6 Å². The lowest BCUT2D eigenvalue weighted by Gasteiger charge is -2.02. The van der Waals surface area contributed by atoms with Gasteiger partial charge in [-0.1, -0.05) is 11.3 Å². The van der Waals surface area contributed by atoms with Gasteiger partial charge in [-0.05, 0) is 11.6 Å². The van der Waals surface area contributed by atoms with Crippen LogP contribution in [-0.4, -0.2) is 9.49 Å². The fourth-order valence-corrected chi connectivity index (χ4v) is 2.02. The normalized spacial score (nSPS) is 10.4. The number of aromatic nitrogens is 1. The first kappa shape index (κ1) is 11.5. The summed E-state index contributed by atoms with van der Waals surface area (Å²) in [4.78, 5) is 21.0. The van der Waals surface area contributed by atoms with Crippen molar-refractivity contribution >= 4 is 17.0 Å². The van der Waals surface area contributed by atoms with Crippen molar-refractivity contribution in [2.75, 3.05) is 0 Å². The molecule has 0 N–H and O–H groups in total. The first-order valence-electron chi connectivity index (χ1n) is 4.64. The molecular weight excluding hydrogens is 247 g/mol. The van der Waals surface area contributed by atoms with E-state index < -0.39 is 10.7 Å². The second-order valence-electron chi connectivity index (χ2n) is 3.37. The Hall–Kier alpha value is -2.02. The van der Waals surface area contributed by atoms with E-state index in [4.69, 9.17) is 0 Å². The maximum atomic E-state index is 13.1. The van der Waals surface area contributed by atoms with E-state index in [0.29, 0.717) is 5.56 Å². The molecule has 17 heavy (non-hydrogen) atoms. The van der Waals surface area contributed by atoms with E-state index in [1.807, 2.05) is 0 Å². The molecule has 0 atom stereocenters. The summed E-state index contributed by atoms with van der Waals surface area (Å²) in [5.41, 5.74) is 0.0699. The molecule has 1 aromatic heterocycles. The molecule has 0 radical (unpaired) electrons. The minimum Gasteiger partial charge on any atom is -0.302 e. The van der Waals surface area contributed by atoms with Crippen LogP contribution in [0.15, 0.2) is 34.6 Å². The van der Waals surface area contributed by atoms with Crippen LogP contribution in [0.5, 0.6) is 0 Å². The fourth-order valence-electron chi connectivity index (χ4n) is 1.43. The van der Waals surface area contributed by atoms with Gasteiger partial charge in [0.15, 0.2) is 0 Å². The van der Waals surface area contributed by atoms with Crippen LogP contribution >= 0.6 is 11.3 Å². The number of nitrogens with zero attached hydrogens (tertiary/aromatic N) is 2. The van der Waals surface area contributed by atoms with E-state index in [1.165, 1.54) is 16.7 Å². The highest BCUT2D eigenvalue weighted by atomic mass is 32.1. The number of hydrogen-bond donors (Lipinski definition) is 0. The third kappa shape index (κ3) is 2.56. The summed E-state index contributed by atoms with van der Waals surface area (Å²) in [5, 5.41) is 12.2. The third-order valence-corrected chi connectivity index (χ3v) is 2.84. The Morgan fingerprint density at radius 3 is 2.76 bits per heavy atom. The Bertz CT molecular complexity index is 620. The Kier molecular flexibility index (Phi) is 3.01. The van der Waals surface area contributed by atoms with Gasteiger partial charge < -0.3 is 4.57 Å². The SMILES string of the molecule is O=c1sccn1Cc1cc(F)cc([N+](=O)[O-])c1. The summed E-state index contributed by atoms with van der Waals surface area (Å²) >= 11 is 1.02. The van der Waals surface area contributed by atoms with Gasteiger partial charge in [0, 0.05) is 17.6 Å². The zero-order chi connectivity index (χ0) is 12.4. The van der Waals surface area contributed by atoms with Crippen molar-refractivity contribution in [3.63, 3.8) is 0 Å². The van der Waals surface area contributed by atoms with E-state index in [-0.39, 0.29) is 17.1 Å². The number of non-ortho nitro benzene ring substituents is 1. The third-order valence-electron chi connectivity index (χ3n) is 2.15. The fraction of sp³-hybridized carbons (Fsp3) is 0.100. The minimum atomic E-state index is -0.683. The summed E-state index contributed by atoms with van der Waals surface area (Å²) in [7, 11) is 0. The second kappa shape index (κ2) is 4.46. The Labute approximate surface area is 98.9 Å². The molecule has 0 amide bonds. The average molecular weight is 254 g/mol. The van der Waals surface area contributed by atoms with Crippen LogP contribution in [0.3, 0.4) is 0 Å². The molecule has 0 unspecified atom stereocenters. The summed E-state index contributed by atoms with van der Waals surface area (Å²) < 4.78 is 14.5. The van der Waals surface area contributed by atoms with Crippen molar-refractivity contribution in [2.24, 2.45) is 0 Å².